The maximum absolute atomic E-state index is 13.6. The van der Waals surface area contributed by atoms with Gasteiger partial charge in [-0.15, -0.1) is 11.3 Å². The molecule has 0 aliphatic heterocycles. The summed E-state index contributed by atoms with van der Waals surface area (Å²) in [6, 6.07) is 18.5. The van der Waals surface area contributed by atoms with Crippen LogP contribution in [-0.4, -0.2) is 11.9 Å². The van der Waals surface area contributed by atoms with Gasteiger partial charge in [-0.05, 0) is 72.8 Å². The molecule has 31 heavy (non-hydrogen) atoms. The van der Waals surface area contributed by atoms with E-state index < -0.39 is 0 Å². The molecule has 7 heteroatoms. The number of fused-ring (bicyclic) bond motifs is 1. The summed E-state index contributed by atoms with van der Waals surface area (Å²) in [7, 11) is 0. The van der Waals surface area contributed by atoms with Crippen LogP contribution in [0.2, 0.25) is 0 Å². The second kappa shape index (κ2) is 8.57. The molecule has 4 aromatic rings. The highest BCUT2D eigenvalue weighted by Crippen LogP contribution is 2.32. The molecule has 0 atom stereocenters. The SMILES string of the molecule is Cc1ccc(NC(=O)Nc2ccccc2)cc1NC(=O)c1sc2ccc(F)cc2c1C. The molecule has 3 amide bonds. The Morgan fingerprint density at radius 3 is 2.35 bits per heavy atom. The van der Waals surface area contributed by atoms with Crippen LogP contribution in [0.15, 0.2) is 66.7 Å². The van der Waals surface area contributed by atoms with E-state index in [-0.39, 0.29) is 17.8 Å². The van der Waals surface area contributed by atoms with Gasteiger partial charge in [-0.3, -0.25) is 4.79 Å². The van der Waals surface area contributed by atoms with Gasteiger partial charge < -0.3 is 16.0 Å². The molecule has 1 heterocycles. The van der Waals surface area contributed by atoms with Crippen molar-refractivity contribution in [1.29, 1.82) is 0 Å². The minimum absolute atomic E-state index is 0.270. The molecule has 0 saturated carbocycles. The van der Waals surface area contributed by atoms with Crippen LogP contribution in [-0.2, 0) is 0 Å². The molecular formula is C24H20FN3O2S. The lowest BCUT2D eigenvalue weighted by Crippen LogP contribution is -2.19. The van der Waals surface area contributed by atoms with Crippen molar-refractivity contribution in [1.82, 2.24) is 0 Å². The van der Waals surface area contributed by atoms with E-state index in [1.54, 1.807) is 30.3 Å². The summed E-state index contributed by atoms with van der Waals surface area (Å²) in [5, 5.41) is 9.17. The Labute approximate surface area is 182 Å². The maximum Gasteiger partial charge on any atom is 0.323 e. The van der Waals surface area contributed by atoms with E-state index >= 15 is 0 Å². The van der Waals surface area contributed by atoms with Gasteiger partial charge in [0.1, 0.15) is 5.82 Å². The Balaban J connectivity index is 1.51. The number of carbonyl (C=O) groups is 2. The monoisotopic (exact) mass is 433 g/mol. The second-order valence-corrected chi connectivity index (χ2v) is 8.18. The van der Waals surface area contributed by atoms with Crippen LogP contribution in [0.25, 0.3) is 10.1 Å². The molecule has 0 unspecified atom stereocenters. The van der Waals surface area contributed by atoms with E-state index in [1.165, 1.54) is 23.5 Å². The third-order valence-electron chi connectivity index (χ3n) is 4.88. The van der Waals surface area contributed by atoms with E-state index in [0.717, 1.165) is 21.2 Å². The lowest BCUT2D eigenvalue weighted by molar-refractivity contribution is 0.103. The summed E-state index contributed by atoms with van der Waals surface area (Å²) in [5.74, 6) is -0.600. The lowest BCUT2D eigenvalue weighted by Gasteiger charge is -2.12. The maximum atomic E-state index is 13.6. The van der Waals surface area contributed by atoms with E-state index in [2.05, 4.69) is 16.0 Å². The predicted octanol–water partition coefficient (Wildman–Crippen LogP) is 6.55. The number of rotatable bonds is 4. The van der Waals surface area contributed by atoms with E-state index in [4.69, 9.17) is 0 Å². The van der Waals surface area contributed by atoms with Crippen molar-refractivity contribution in [2.75, 3.05) is 16.0 Å². The molecule has 1 aromatic heterocycles. The topological polar surface area (TPSA) is 70.2 Å². The molecule has 156 valence electrons. The number of nitrogens with one attached hydrogen (secondary N) is 3. The fourth-order valence-corrected chi connectivity index (χ4v) is 4.32. The standard InChI is InChI=1S/C24H20FN3O2S/c1-14-8-10-18(27-24(30)26-17-6-4-3-5-7-17)13-20(14)28-23(29)22-15(2)19-12-16(25)9-11-21(19)31-22/h3-13H,1-2H3,(H,28,29)(H2,26,27,30). The van der Waals surface area contributed by atoms with E-state index in [1.807, 2.05) is 38.1 Å². The fourth-order valence-electron chi connectivity index (χ4n) is 3.24. The highest BCUT2D eigenvalue weighted by atomic mass is 32.1. The van der Waals surface area contributed by atoms with Gasteiger partial charge in [-0.25, -0.2) is 9.18 Å². The molecule has 0 bridgehead atoms. The average molecular weight is 434 g/mol. The van der Waals surface area contributed by atoms with Gasteiger partial charge in [0.05, 0.1) is 4.88 Å². The molecule has 0 aliphatic carbocycles. The summed E-state index contributed by atoms with van der Waals surface area (Å²) in [5.41, 5.74) is 3.41. The van der Waals surface area contributed by atoms with Gasteiger partial charge >= 0.3 is 6.03 Å². The Morgan fingerprint density at radius 2 is 1.58 bits per heavy atom. The summed E-state index contributed by atoms with van der Waals surface area (Å²) >= 11 is 1.32. The number of hydrogen-bond acceptors (Lipinski definition) is 3. The smallest absolute Gasteiger partial charge is 0.321 e. The second-order valence-electron chi connectivity index (χ2n) is 7.13. The average Bonchev–Trinajstić information content (AvgIpc) is 3.07. The zero-order valence-corrected chi connectivity index (χ0v) is 17.8. The molecule has 0 spiro atoms. The number of hydrogen-bond donors (Lipinski definition) is 3. The van der Waals surface area contributed by atoms with Crippen molar-refractivity contribution < 1.29 is 14.0 Å². The van der Waals surface area contributed by atoms with Crippen LogP contribution in [0, 0.1) is 19.7 Å². The number of carbonyl (C=O) groups excluding carboxylic acids is 2. The van der Waals surface area contributed by atoms with E-state index in [0.29, 0.717) is 21.9 Å². The number of urea groups is 1. The van der Waals surface area contributed by atoms with Crippen LogP contribution in [0.5, 0.6) is 0 Å². The van der Waals surface area contributed by atoms with Crippen LogP contribution >= 0.6 is 11.3 Å². The number of para-hydroxylation sites is 1. The first-order chi connectivity index (χ1) is 14.9. The van der Waals surface area contributed by atoms with Crippen LogP contribution in [0.3, 0.4) is 0 Å². The first kappa shape index (κ1) is 20.6. The van der Waals surface area contributed by atoms with Gasteiger partial charge in [0, 0.05) is 21.8 Å². The summed E-state index contributed by atoms with van der Waals surface area (Å²) in [4.78, 5) is 25.7. The molecule has 0 fully saturated rings. The number of thiophene rings is 1. The summed E-state index contributed by atoms with van der Waals surface area (Å²) in [6.45, 7) is 3.68. The Bertz CT molecular complexity index is 1280. The number of aryl methyl sites for hydroxylation is 2. The van der Waals surface area contributed by atoms with Gasteiger partial charge in [-0.1, -0.05) is 24.3 Å². The molecule has 4 rings (SSSR count). The number of anilines is 3. The third-order valence-corrected chi connectivity index (χ3v) is 6.15. The zero-order valence-electron chi connectivity index (χ0n) is 17.0. The zero-order chi connectivity index (χ0) is 22.0. The van der Waals surface area contributed by atoms with E-state index in [9.17, 15) is 14.0 Å². The molecule has 3 aromatic carbocycles. The minimum atomic E-state index is -0.380. The quantitative estimate of drug-likeness (QED) is 0.341. The molecule has 0 radical (unpaired) electrons. The summed E-state index contributed by atoms with van der Waals surface area (Å²) < 4.78 is 14.4. The molecule has 3 N–H and O–H groups in total. The number of benzene rings is 3. The highest BCUT2D eigenvalue weighted by molar-refractivity contribution is 7.21. The van der Waals surface area contributed by atoms with Crippen molar-refractivity contribution in [3.8, 4) is 0 Å². The Kier molecular flexibility index (Phi) is 5.68. The molecule has 0 saturated heterocycles. The lowest BCUT2D eigenvalue weighted by atomic mass is 10.1. The third kappa shape index (κ3) is 4.57. The molecule has 5 nitrogen and oxygen atoms in total. The fraction of sp³-hybridized carbons (Fsp3) is 0.0833. The van der Waals surface area contributed by atoms with Crippen LogP contribution in [0.4, 0.5) is 26.2 Å². The highest BCUT2D eigenvalue weighted by Gasteiger charge is 2.17. The van der Waals surface area contributed by atoms with Gasteiger partial charge in [0.15, 0.2) is 0 Å². The van der Waals surface area contributed by atoms with Gasteiger partial charge in [-0.2, -0.15) is 0 Å². The van der Waals surface area contributed by atoms with Crippen molar-refractivity contribution in [2.24, 2.45) is 0 Å². The van der Waals surface area contributed by atoms with Crippen molar-refractivity contribution in [3.63, 3.8) is 0 Å². The first-order valence-electron chi connectivity index (χ1n) is 9.64. The van der Waals surface area contributed by atoms with Crippen LogP contribution in [0.1, 0.15) is 20.8 Å². The largest absolute Gasteiger partial charge is 0.323 e. The first-order valence-corrected chi connectivity index (χ1v) is 10.5. The Hall–Kier alpha value is -3.71. The van der Waals surface area contributed by atoms with Gasteiger partial charge in [0.2, 0.25) is 0 Å². The Morgan fingerprint density at radius 1 is 0.839 bits per heavy atom. The number of halogens is 1. The number of amides is 3. The predicted molar refractivity (Wildman–Crippen MR) is 125 cm³/mol. The van der Waals surface area contributed by atoms with Crippen LogP contribution < -0.4 is 16.0 Å². The molecular weight excluding hydrogens is 413 g/mol. The van der Waals surface area contributed by atoms with Gasteiger partial charge in [0.25, 0.3) is 5.91 Å². The minimum Gasteiger partial charge on any atom is -0.321 e. The summed E-state index contributed by atoms with van der Waals surface area (Å²) in [6.07, 6.45) is 0. The van der Waals surface area contributed by atoms with Crippen molar-refractivity contribution in [3.05, 3.63) is 88.6 Å². The molecule has 0 aliphatic rings. The van der Waals surface area contributed by atoms with Crippen molar-refractivity contribution in [2.45, 2.75) is 13.8 Å². The normalized spacial score (nSPS) is 10.7. The van der Waals surface area contributed by atoms with Crippen molar-refractivity contribution >= 4 is 50.4 Å².